The molecule has 0 spiro atoms. The van der Waals surface area contributed by atoms with Gasteiger partial charge in [0, 0.05) is 36.4 Å². The molecule has 2 heterocycles. The number of rotatable bonds is 3. The number of carbonyl (C=O) groups is 1. The van der Waals surface area contributed by atoms with Crippen molar-refractivity contribution >= 4 is 11.9 Å². The molecular formula is C15H24N4O. The van der Waals surface area contributed by atoms with Gasteiger partial charge in [-0.15, -0.1) is 0 Å². The van der Waals surface area contributed by atoms with E-state index in [-0.39, 0.29) is 17.9 Å². The van der Waals surface area contributed by atoms with Gasteiger partial charge in [-0.3, -0.25) is 4.79 Å². The fourth-order valence-corrected chi connectivity index (χ4v) is 2.49. The Morgan fingerprint density at radius 1 is 1.35 bits per heavy atom. The molecule has 1 aliphatic rings. The Kier molecular flexibility index (Phi) is 4.57. The summed E-state index contributed by atoms with van der Waals surface area (Å²) in [5.74, 6) is 0.937. The third-order valence-corrected chi connectivity index (χ3v) is 3.55. The molecule has 0 saturated carbocycles. The molecule has 0 aromatic carbocycles. The zero-order valence-corrected chi connectivity index (χ0v) is 12.8. The van der Waals surface area contributed by atoms with Gasteiger partial charge in [0.25, 0.3) is 0 Å². The SMILES string of the molecule is Cc1cc(C)nc(N2CCCC(NC(=O)C(C)C)C2)n1. The van der Waals surface area contributed by atoms with E-state index < -0.39 is 0 Å². The van der Waals surface area contributed by atoms with Crippen LogP contribution in [-0.2, 0) is 4.79 Å². The van der Waals surface area contributed by atoms with Gasteiger partial charge in [-0.2, -0.15) is 0 Å². The number of aryl methyl sites for hydroxylation is 2. The molecule has 5 nitrogen and oxygen atoms in total. The van der Waals surface area contributed by atoms with E-state index in [2.05, 4.69) is 20.2 Å². The molecule has 0 bridgehead atoms. The Hall–Kier alpha value is -1.65. The van der Waals surface area contributed by atoms with Gasteiger partial charge in [-0.05, 0) is 32.8 Å². The highest BCUT2D eigenvalue weighted by atomic mass is 16.1. The van der Waals surface area contributed by atoms with Gasteiger partial charge in [0.15, 0.2) is 0 Å². The summed E-state index contributed by atoms with van der Waals surface area (Å²) in [6.07, 6.45) is 2.08. The van der Waals surface area contributed by atoms with Crippen molar-refractivity contribution in [1.29, 1.82) is 0 Å². The Morgan fingerprint density at radius 2 is 2.00 bits per heavy atom. The van der Waals surface area contributed by atoms with Gasteiger partial charge in [-0.1, -0.05) is 13.8 Å². The van der Waals surface area contributed by atoms with Crippen molar-refractivity contribution in [1.82, 2.24) is 15.3 Å². The largest absolute Gasteiger partial charge is 0.351 e. The third-order valence-electron chi connectivity index (χ3n) is 3.55. The second-order valence-electron chi connectivity index (χ2n) is 5.90. The van der Waals surface area contributed by atoms with E-state index in [1.54, 1.807) is 0 Å². The van der Waals surface area contributed by atoms with Crippen LogP contribution in [0.4, 0.5) is 5.95 Å². The number of nitrogens with zero attached hydrogens (tertiary/aromatic N) is 3. The first kappa shape index (κ1) is 14.8. The maximum atomic E-state index is 11.8. The van der Waals surface area contributed by atoms with Crippen LogP contribution >= 0.6 is 0 Å². The van der Waals surface area contributed by atoms with Gasteiger partial charge < -0.3 is 10.2 Å². The number of amides is 1. The van der Waals surface area contributed by atoms with E-state index in [1.165, 1.54) is 0 Å². The molecule has 1 N–H and O–H groups in total. The highest BCUT2D eigenvalue weighted by Gasteiger charge is 2.24. The van der Waals surface area contributed by atoms with Crippen molar-refractivity contribution in [3.8, 4) is 0 Å². The molecule has 5 heteroatoms. The number of nitrogens with one attached hydrogen (secondary N) is 1. The van der Waals surface area contributed by atoms with E-state index in [4.69, 9.17) is 0 Å². The number of piperidine rings is 1. The minimum atomic E-state index is 0.0304. The second-order valence-corrected chi connectivity index (χ2v) is 5.90. The predicted molar refractivity (Wildman–Crippen MR) is 79.7 cm³/mol. The van der Waals surface area contributed by atoms with Gasteiger partial charge in [0.2, 0.25) is 11.9 Å². The van der Waals surface area contributed by atoms with Crippen LogP contribution in [-0.4, -0.2) is 35.0 Å². The summed E-state index contributed by atoms with van der Waals surface area (Å²) in [6, 6.07) is 2.17. The third kappa shape index (κ3) is 3.68. The fourth-order valence-electron chi connectivity index (χ4n) is 2.49. The van der Waals surface area contributed by atoms with Crippen molar-refractivity contribution < 1.29 is 4.79 Å². The fraction of sp³-hybridized carbons (Fsp3) is 0.667. The molecule has 1 aliphatic heterocycles. The molecular weight excluding hydrogens is 252 g/mol. The summed E-state index contributed by atoms with van der Waals surface area (Å²) < 4.78 is 0. The maximum absolute atomic E-state index is 11.8. The summed E-state index contributed by atoms with van der Waals surface area (Å²) in [5.41, 5.74) is 1.97. The Balaban J connectivity index is 2.04. The molecule has 1 unspecified atom stereocenters. The standard InChI is InChI=1S/C15H24N4O/c1-10(2)14(20)18-13-6-5-7-19(9-13)15-16-11(3)8-12(4)17-15/h8,10,13H,5-7,9H2,1-4H3,(H,18,20). The number of aromatic nitrogens is 2. The minimum Gasteiger partial charge on any atom is -0.351 e. The van der Waals surface area contributed by atoms with E-state index in [9.17, 15) is 4.79 Å². The first-order valence-electron chi connectivity index (χ1n) is 7.33. The van der Waals surface area contributed by atoms with Crippen LogP contribution in [0.3, 0.4) is 0 Å². The Morgan fingerprint density at radius 3 is 2.60 bits per heavy atom. The molecule has 1 amide bonds. The molecule has 20 heavy (non-hydrogen) atoms. The van der Waals surface area contributed by atoms with E-state index in [0.29, 0.717) is 0 Å². The van der Waals surface area contributed by atoms with Crippen LogP contribution in [0.5, 0.6) is 0 Å². The monoisotopic (exact) mass is 276 g/mol. The van der Waals surface area contributed by atoms with E-state index in [1.807, 2.05) is 33.8 Å². The lowest BCUT2D eigenvalue weighted by Gasteiger charge is -2.33. The molecule has 1 fully saturated rings. The lowest BCUT2D eigenvalue weighted by Crippen LogP contribution is -2.49. The lowest BCUT2D eigenvalue weighted by molar-refractivity contribution is -0.124. The molecule has 0 aliphatic carbocycles. The molecule has 0 radical (unpaired) electrons. The van der Waals surface area contributed by atoms with E-state index in [0.717, 1.165) is 43.3 Å². The number of carbonyl (C=O) groups excluding carboxylic acids is 1. The first-order valence-corrected chi connectivity index (χ1v) is 7.33. The Bertz CT molecular complexity index is 467. The molecule has 2 rings (SSSR count). The molecule has 110 valence electrons. The molecule has 1 aromatic rings. The van der Waals surface area contributed by atoms with Crippen molar-refractivity contribution in [2.24, 2.45) is 5.92 Å². The normalized spacial score (nSPS) is 19.2. The average molecular weight is 276 g/mol. The summed E-state index contributed by atoms with van der Waals surface area (Å²) in [5, 5.41) is 3.11. The Labute approximate surface area is 120 Å². The van der Waals surface area contributed by atoms with E-state index >= 15 is 0 Å². The van der Waals surface area contributed by atoms with Crippen LogP contribution in [0.25, 0.3) is 0 Å². The molecule has 1 atom stereocenters. The van der Waals surface area contributed by atoms with Crippen LogP contribution in [0.2, 0.25) is 0 Å². The summed E-state index contributed by atoms with van der Waals surface area (Å²) in [6.45, 7) is 9.56. The number of anilines is 1. The maximum Gasteiger partial charge on any atom is 0.225 e. The lowest BCUT2D eigenvalue weighted by atomic mass is 10.0. The van der Waals surface area contributed by atoms with Crippen LogP contribution in [0.15, 0.2) is 6.07 Å². The van der Waals surface area contributed by atoms with Crippen molar-refractivity contribution in [2.75, 3.05) is 18.0 Å². The minimum absolute atomic E-state index is 0.0304. The van der Waals surface area contributed by atoms with Crippen LogP contribution in [0.1, 0.15) is 38.1 Å². The molecule has 1 aromatic heterocycles. The number of hydrogen-bond acceptors (Lipinski definition) is 4. The summed E-state index contributed by atoms with van der Waals surface area (Å²) in [4.78, 5) is 23.0. The second kappa shape index (κ2) is 6.20. The van der Waals surface area contributed by atoms with Gasteiger partial charge in [-0.25, -0.2) is 9.97 Å². The highest BCUT2D eigenvalue weighted by Crippen LogP contribution is 2.17. The quantitative estimate of drug-likeness (QED) is 0.915. The van der Waals surface area contributed by atoms with Crippen LogP contribution < -0.4 is 10.2 Å². The van der Waals surface area contributed by atoms with Crippen molar-refractivity contribution in [2.45, 2.75) is 46.6 Å². The first-order chi connectivity index (χ1) is 9.45. The number of hydrogen-bond donors (Lipinski definition) is 1. The zero-order valence-electron chi connectivity index (χ0n) is 12.8. The smallest absolute Gasteiger partial charge is 0.225 e. The summed E-state index contributed by atoms with van der Waals surface area (Å²) >= 11 is 0. The van der Waals surface area contributed by atoms with Gasteiger partial charge >= 0.3 is 0 Å². The van der Waals surface area contributed by atoms with Crippen molar-refractivity contribution in [3.05, 3.63) is 17.5 Å². The predicted octanol–water partition coefficient (Wildman–Crippen LogP) is 1.83. The zero-order chi connectivity index (χ0) is 14.7. The topological polar surface area (TPSA) is 58.1 Å². The highest BCUT2D eigenvalue weighted by molar-refractivity contribution is 5.78. The summed E-state index contributed by atoms with van der Waals surface area (Å²) in [7, 11) is 0. The van der Waals surface area contributed by atoms with Gasteiger partial charge in [0.1, 0.15) is 0 Å². The average Bonchev–Trinajstić information content (AvgIpc) is 2.37. The molecule has 1 saturated heterocycles. The van der Waals surface area contributed by atoms with Crippen molar-refractivity contribution in [3.63, 3.8) is 0 Å². The van der Waals surface area contributed by atoms with Crippen LogP contribution in [0, 0.1) is 19.8 Å². The van der Waals surface area contributed by atoms with Gasteiger partial charge in [0.05, 0.1) is 0 Å².